The second-order valence-corrected chi connectivity index (χ2v) is 5.49. The maximum atomic E-state index is 12.8. The monoisotopic (exact) mass is 322 g/mol. The maximum absolute atomic E-state index is 12.8. The molecule has 0 aliphatic carbocycles. The molecule has 0 aliphatic heterocycles. The Morgan fingerprint density at radius 3 is 2.52 bits per heavy atom. The van der Waals surface area contributed by atoms with Gasteiger partial charge in [0.2, 0.25) is 0 Å². The summed E-state index contributed by atoms with van der Waals surface area (Å²) >= 11 is 12.2. The number of benzene rings is 2. The third-order valence-corrected chi connectivity index (χ3v) is 4.05. The fraction of sp³-hybridized carbons (Fsp3) is 0.188. The molecule has 3 nitrogen and oxygen atoms in total. The zero-order valence-corrected chi connectivity index (χ0v) is 13.4. The van der Waals surface area contributed by atoms with Gasteiger partial charge in [-0.15, -0.1) is 0 Å². The number of amides is 1. The van der Waals surface area contributed by atoms with Gasteiger partial charge in [-0.2, -0.15) is 0 Å². The van der Waals surface area contributed by atoms with E-state index in [1.807, 2.05) is 38.1 Å². The molecule has 110 valence electrons. The van der Waals surface area contributed by atoms with Crippen LogP contribution < -0.4 is 10.6 Å². The molecule has 0 fully saturated rings. The molecule has 0 aromatic heterocycles. The Morgan fingerprint density at radius 2 is 1.90 bits per heavy atom. The first-order valence-electron chi connectivity index (χ1n) is 6.57. The number of nitrogen functional groups attached to an aromatic ring is 1. The van der Waals surface area contributed by atoms with Crippen molar-refractivity contribution >= 4 is 40.5 Å². The van der Waals surface area contributed by atoms with Gasteiger partial charge in [-0.05, 0) is 37.6 Å². The van der Waals surface area contributed by atoms with Crippen molar-refractivity contribution in [1.29, 1.82) is 0 Å². The van der Waals surface area contributed by atoms with E-state index in [9.17, 15) is 4.79 Å². The highest BCUT2D eigenvalue weighted by Crippen LogP contribution is 2.31. The van der Waals surface area contributed by atoms with Gasteiger partial charge in [-0.25, -0.2) is 0 Å². The van der Waals surface area contributed by atoms with Gasteiger partial charge in [0.1, 0.15) is 0 Å². The smallest absolute Gasteiger partial charge is 0.259 e. The van der Waals surface area contributed by atoms with Gasteiger partial charge >= 0.3 is 0 Å². The molecule has 0 spiro atoms. The van der Waals surface area contributed by atoms with E-state index in [4.69, 9.17) is 28.9 Å². The molecule has 0 atom stereocenters. The molecule has 2 N–H and O–H groups in total. The van der Waals surface area contributed by atoms with Crippen LogP contribution in [0.2, 0.25) is 10.0 Å². The van der Waals surface area contributed by atoms with Crippen LogP contribution in [0.15, 0.2) is 36.4 Å². The second kappa shape index (κ2) is 6.37. The van der Waals surface area contributed by atoms with Crippen molar-refractivity contribution in [1.82, 2.24) is 0 Å². The standard InChI is InChI=1S/C16H16Cl2N2O/c1-3-20(14-7-5-4-6-10(14)2)16(21)12-8-11(19)9-13(17)15(12)18/h4-9H,3,19H2,1-2H3. The summed E-state index contributed by atoms with van der Waals surface area (Å²) in [5.41, 5.74) is 8.34. The number of nitrogens with two attached hydrogens (primary N) is 1. The number of hydrogen-bond acceptors (Lipinski definition) is 2. The summed E-state index contributed by atoms with van der Waals surface area (Å²) < 4.78 is 0. The number of hydrogen-bond donors (Lipinski definition) is 1. The molecule has 0 bridgehead atoms. The molecule has 0 saturated heterocycles. The molecule has 0 aliphatic rings. The predicted molar refractivity (Wildman–Crippen MR) is 89.4 cm³/mol. The SMILES string of the molecule is CCN(C(=O)c1cc(N)cc(Cl)c1Cl)c1ccccc1C. The molecule has 21 heavy (non-hydrogen) atoms. The van der Waals surface area contributed by atoms with Crippen LogP contribution in [0.3, 0.4) is 0 Å². The topological polar surface area (TPSA) is 46.3 Å². The van der Waals surface area contributed by atoms with Gasteiger partial charge in [0.15, 0.2) is 0 Å². The fourth-order valence-corrected chi connectivity index (χ4v) is 2.62. The molecule has 1 amide bonds. The first-order valence-corrected chi connectivity index (χ1v) is 7.33. The molecule has 0 saturated carbocycles. The van der Waals surface area contributed by atoms with Crippen LogP contribution in [-0.4, -0.2) is 12.5 Å². The Labute approximate surface area is 134 Å². The highest BCUT2D eigenvalue weighted by molar-refractivity contribution is 6.44. The van der Waals surface area contributed by atoms with Gasteiger partial charge in [0, 0.05) is 17.9 Å². The highest BCUT2D eigenvalue weighted by Gasteiger charge is 2.21. The molecule has 0 heterocycles. The van der Waals surface area contributed by atoms with E-state index >= 15 is 0 Å². The average Bonchev–Trinajstić information content (AvgIpc) is 2.45. The Kier molecular flexibility index (Phi) is 4.76. The zero-order valence-electron chi connectivity index (χ0n) is 11.9. The van der Waals surface area contributed by atoms with Crippen LogP contribution in [-0.2, 0) is 0 Å². The third-order valence-electron chi connectivity index (χ3n) is 3.25. The summed E-state index contributed by atoms with van der Waals surface area (Å²) in [6.45, 7) is 4.39. The van der Waals surface area contributed by atoms with E-state index in [0.717, 1.165) is 11.3 Å². The number of carbonyl (C=O) groups is 1. The summed E-state index contributed by atoms with van der Waals surface area (Å²) in [5.74, 6) is -0.217. The number of carbonyl (C=O) groups excluding carboxylic acids is 1. The lowest BCUT2D eigenvalue weighted by Gasteiger charge is -2.23. The second-order valence-electron chi connectivity index (χ2n) is 4.70. The van der Waals surface area contributed by atoms with Crippen molar-refractivity contribution in [3.05, 3.63) is 57.6 Å². The molecule has 2 rings (SSSR count). The number of para-hydroxylation sites is 1. The molecule has 2 aromatic carbocycles. The Bertz CT molecular complexity index is 686. The Balaban J connectivity index is 2.49. The lowest BCUT2D eigenvalue weighted by Crippen LogP contribution is -2.31. The predicted octanol–water partition coefficient (Wildman–Crippen LogP) is 4.55. The summed E-state index contributed by atoms with van der Waals surface area (Å²) in [5, 5.41) is 0.503. The normalized spacial score (nSPS) is 10.5. The number of halogens is 2. The number of aryl methyl sites for hydroxylation is 1. The van der Waals surface area contributed by atoms with Gasteiger partial charge < -0.3 is 10.6 Å². The van der Waals surface area contributed by atoms with Gasteiger partial charge in [-0.3, -0.25) is 4.79 Å². The largest absolute Gasteiger partial charge is 0.399 e. The highest BCUT2D eigenvalue weighted by atomic mass is 35.5. The van der Waals surface area contributed by atoms with Crippen LogP contribution >= 0.6 is 23.2 Å². The van der Waals surface area contributed by atoms with Crippen molar-refractivity contribution in [2.75, 3.05) is 17.2 Å². The average molecular weight is 323 g/mol. The summed E-state index contributed by atoms with van der Waals surface area (Å²) in [6, 6.07) is 10.8. The first kappa shape index (κ1) is 15.7. The van der Waals surface area contributed by atoms with Crippen molar-refractivity contribution < 1.29 is 4.79 Å². The van der Waals surface area contributed by atoms with Gasteiger partial charge in [0.05, 0.1) is 15.6 Å². The van der Waals surface area contributed by atoms with Crippen LogP contribution in [0.5, 0.6) is 0 Å². The van der Waals surface area contributed by atoms with E-state index < -0.39 is 0 Å². The Hall–Kier alpha value is -1.71. The number of rotatable bonds is 3. The maximum Gasteiger partial charge on any atom is 0.259 e. The van der Waals surface area contributed by atoms with E-state index in [-0.39, 0.29) is 16.0 Å². The zero-order chi connectivity index (χ0) is 15.6. The molecule has 5 heteroatoms. The lowest BCUT2D eigenvalue weighted by atomic mass is 10.1. The van der Waals surface area contributed by atoms with E-state index in [0.29, 0.717) is 17.8 Å². The summed E-state index contributed by atoms with van der Waals surface area (Å²) in [6.07, 6.45) is 0. The molecule has 0 unspecified atom stereocenters. The van der Waals surface area contributed by atoms with Crippen molar-refractivity contribution in [3.63, 3.8) is 0 Å². The van der Waals surface area contributed by atoms with Gasteiger partial charge in [0.25, 0.3) is 5.91 Å². The minimum Gasteiger partial charge on any atom is -0.399 e. The lowest BCUT2D eigenvalue weighted by molar-refractivity contribution is 0.0988. The number of anilines is 2. The van der Waals surface area contributed by atoms with Crippen molar-refractivity contribution in [2.45, 2.75) is 13.8 Å². The minimum atomic E-state index is -0.217. The number of nitrogens with zero attached hydrogens (tertiary/aromatic N) is 1. The first-order chi connectivity index (χ1) is 9.95. The molecular weight excluding hydrogens is 307 g/mol. The Morgan fingerprint density at radius 1 is 1.24 bits per heavy atom. The minimum absolute atomic E-state index is 0.217. The van der Waals surface area contributed by atoms with Crippen molar-refractivity contribution in [3.8, 4) is 0 Å². The molecule has 2 aromatic rings. The van der Waals surface area contributed by atoms with Crippen LogP contribution in [0.1, 0.15) is 22.8 Å². The van der Waals surface area contributed by atoms with Crippen LogP contribution in [0.4, 0.5) is 11.4 Å². The summed E-state index contributed by atoms with van der Waals surface area (Å²) in [7, 11) is 0. The van der Waals surface area contributed by atoms with E-state index in [2.05, 4.69) is 0 Å². The fourth-order valence-electron chi connectivity index (χ4n) is 2.20. The summed E-state index contributed by atoms with van der Waals surface area (Å²) in [4.78, 5) is 14.4. The molecule has 0 radical (unpaired) electrons. The van der Waals surface area contributed by atoms with Crippen LogP contribution in [0, 0.1) is 6.92 Å². The van der Waals surface area contributed by atoms with E-state index in [1.165, 1.54) is 6.07 Å². The van der Waals surface area contributed by atoms with Crippen LogP contribution in [0.25, 0.3) is 0 Å². The molecular formula is C16H16Cl2N2O. The van der Waals surface area contributed by atoms with Gasteiger partial charge in [-0.1, -0.05) is 41.4 Å². The quantitative estimate of drug-likeness (QED) is 0.842. The van der Waals surface area contributed by atoms with E-state index in [1.54, 1.807) is 11.0 Å². The third kappa shape index (κ3) is 3.14. The van der Waals surface area contributed by atoms with Crippen molar-refractivity contribution in [2.24, 2.45) is 0 Å².